The molecule has 0 bridgehead atoms. The Balaban J connectivity index is 1.39. The molecule has 0 atom stereocenters. The Morgan fingerprint density at radius 3 is 2.46 bits per heavy atom. The molecule has 6 nitrogen and oxygen atoms in total. The van der Waals surface area contributed by atoms with Crippen LogP contribution in [-0.2, 0) is 26.6 Å². The van der Waals surface area contributed by atoms with Crippen molar-refractivity contribution in [2.45, 2.75) is 19.6 Å². The third-order valence-electron chi connectivity index (χ3n) is 4.46. The number of hydrogen-bond acceptors (Lipinski definition) is 3. The Bertz CT molecular complexity index is 871. The van der Waals surface area contributed by atoms with Crippen molar-refractivity contribution in [3.8, 4) is 5.75 Å². The molecule has 2 aromatic carbocycles. The van der Waals surface area contributed by atoms with Crippen LogP contribution in [-0.4, -0.2) is 29.3 Å². The van der Waals surface area contributed by atoms with E-state index in [2.05, 4.69) is 45.0 Å². The number of guanidine groups is 1. The standard InChI is InChI=1S/C22H27N5O/c1-23-22(25-16-20-13-15-26-27(20)2)24-14-12-18-8-10-21(11-9-18)28-17-19-6-4-3-5-7-19/h3-11,13,15H,12,14,16-17H2,1-2H3,(H2,23,24,25). The van der Waals surface area contributed by atoms with Gasteiger partial charge in [0.15, 0.2) is 5.96 Å². The lowest BCUT2D eigenvalue weighted by molar-refractivity contribution is 0.306. The van der Waals surface area contributed by atoms with Crippen LogP contribution in [0.2, 0.25) is 0 Å². The number of ether oxygens (including phenoxy) is 1. The van der Waals surface area contributed by atoms with Crippen LogP contribution in [0.3, 0.4) is 0 Å². The average Bonchev–Trinajstić information content (AvgIpc) is 3.15. The van der Waals surface area contributed by atoms with Crippen molar-refractivity contribution in [2.75, 3.05) is 13.6 Å². The van der Waals surface area contributed by atoms with Crippen molar-refractivity contribution in [3.05, 3.63) is 83.7 Å². The van der Waals surface area contributed by atoms with Gasteiger partial charge in [-0.05, 0) is 35.7 Å². The Morgan fingerprint density at radius 2 is 1.79 bits per heavy atom. The number of rotatable bonds is 8. The molecule has 0 radical (unpaired) electrons. The number of benzene rings is 2. The third-order valence-corrected chi connectivity index (χ3v) is 4.46. The van der Waals surface area contributed by atoms with E-state index in [1.807, 2.05) is 48.1 Å². The molecule has 0 aliphatic heterocycles. The second-order valence-electron chi connectivity index (χ2n) is 6.47. The highest BCUT2D eigenvalue weighted by Crippen LogP contribution is 2.14. The lowest BCUT2D eigenvalue weighted by atomic mass is 10.1. The maximum absolute atomic E-state index is 5.83. The van der Waals surface area contributed by atoms with Crippen LogP contribution in [0.5, 0.6) is 5.75 Å². The highest BCUT2D eigenvalue weighted by molar-refractivity contribution is 5.79. The van der Waals surface area contributed by atoms with E-state index in [0.29, 0.717) is 13.2 Å². The number of nitrogens with zero attached hydrogens (tertiary/aromatic N) is 3. The Kier molecular flexibility index (Phi) is 7.07. The first-order chi connectivity index (χ1) is 13.7. The molecule has 0 unspecified atom stereocenters. The Hall–Kier alpha value is -3.28. The fourth-order valence-electron chi connectivity index (χ4n) is 2.79. The monoisotopic (exact) mass is 377 g/mol. The lowest BCUT2D eigenvalue weighted by Crippen LogP contribution is -2.38. The zero-order valence-electron chi connectivity index (χ0n) is 16.4. The molecule has 0 fully saturated rings. The molecule has 1 heterocycles. The number of hydrogen-bond donors (Lipinski definition) is 2. The highest BCUT2D eigenvalue weighted by Gasteiger charge is 2.02. The fraction of sp³-hybridized carbons (Fsp3) is 0.273. The van der Waals surface area contributed by atoms with Crippen molar-refractivity contribution < 1.29 is 4.74 Å². The van der Waals surface area contributed by atoms with Gasteiger partial charge in [0.05, 0.1) is 12.2 Å². The molecule has 3 aromatic rings. The summed E-state index contributed by atoms with van der Waals surface area (Å²) in [5.41, 5.74) is 3.52. The molecule has 0 saturated carbocycles. The van der Waals surface area contributed by atoms with E-state index >= 15 is 0 Å². The quantitative estimate of drug-likeness (QED) is 0.468. The van der Waals surface area contributed by atoms with E-state index in [1.165, 1.54) is 11.1 Å². The molecule has 1 aromatic heterocycles. The lowest BCUT2D eigenvalue weighted by Gasteiger charge is -2.12. The summed E-state index contributed by atoms with van der Waals surface area (Å²) in [5.74, 6) is 1.67. The molecule has 28 heavy (non-hydrogen) atoms. The van der Waals surface area contributed by atoms with E-state index in [0.717, 1.165) is 30.4 Å². The normalized spacial score (nSPS) is 11.3. The minimum absolute atomic E-state index is 0.584. The van der Waals surface area contributed by atoms with Crippen LogP contribution in [0, 0.1) is 0 Å². The van der Waals surface area contributed by atoms with E-state index < -0.39 is 0 Å². The van der Waals surface area contributed by atoms with E-state index in [-0.39, 0.29) is 0 Å². The molecule has 0 aliphatic carbocycles. The molecule has 3 rings (SSSR count). The first-order valence-electron chi connectivity index (χ1n) is 9.41. The maximum atomic E-state index is 5.83. The van der Waals surface area contributed by atoms with Crippen molar-refractivity contribution in [2.24, 2.45) is 12.0 Å². The summed E-state index contributed by atoms with van der Waals surface area (Å²) in [5, 5.41) is 10.8. The number of aromatic nitrogens is 2. The SMILES string of the molecule is CN=C(NCCc1ccc(OCc2ccccc2)cc1)NCc1ccnn1C. The number of nitrogens with one attached hydrogen (secondary N) is 2. The minimum atomic E-state index is 0.584. The zero-order valence-corrected chi connectivity index (χ0v) is 16.4. The molecule has 0 amide bonds. The number of aliphatic imine (C=N–C) groups is 1. The molecule has 2 N–H and O–H groups in total. The summed E-state index contributed by atoms with van der Waals surface area (Å²) < 4.78 is 7.68. The maximum Gasteiger partial charge on any atom is 0.191 e. The van der Waals surface area contributed by atoms with Gasteiger partial charge in [-0.3, -0.25) is 9.67 Å². The van der Waals surface area contributed by atoms with Crippen LogP contribution in [0.4, 0.5) is 0 Å². The van der Waals surface area contributed by atoms with Gasteiger partial charge in [-0.1, -0.05) is 42.5 Å². The van der Waals surface area contributed by atoms with Crippen molar-refractivity contribution >= 4 is 5.96 Å². The average molecular weight is 377 g/mol. The Morgan fingerprint density at radius 1 is 1.00 bits per heavy atom. The van der Waals surface area contributed by atoms with Gasteiger partial charge in [0.1, 0.15) is 12.4 Å². The fourth-order valence-corrected chi connectivity index (χ4v) is 2.79. The van der Waals surface area contributed by atoms with Crippen molar-refractivity contribution in [1.29, 1.82) is 0 Å². The minimum Gasteiger partial charge on any atom is -0.489 e. The molecule has 146 valence electrons. The van der Waals surface area contributed by atoms with E-state index in [9.17, 15) is 0 Å². The second kappa shape index (κ2) is 10.2. The molecule has 0 spiro atoms. The molecule has 6 heteroatoms. The summed E-state index contributed by atoms with van der Waals surface area (Å²) >= 11 is 0. The smallest absolute Gasteiger partial charge is 0.191 e. The molecular formula is C22H27N5O. The summed E-state index contributed by atoms with van der Waals surface area (Å²) in [6.07, 6.45) is 2.70. The van der Waals surface area contributed by atoms with E-state index in [4.69, 9.17) is 4.74 Å². The van der Waals surface area contributed by atoms with Gasteiger partial charge < -0.3 is 15.4 Å². The summed E-state index contributed by atoms with van der Waals surface area (Å²) in [6.45, 7) is 2.07. The highest BCUT2D eigenvalue weighted by atomic mass is 16.5. The summed E-state index contributed by atoms with van der Waals surface area (Å²) in [7, 11) is 3.71. The van der Waals surface area contributed by atoms with Crippen LogP contribution in [0.25, 0.3) is 0 Å². The van der Waals surface area contributed by atoms with Gasteiger partial charge in [-0.2, -0.15) is 5.10 Å². The van der Waals surface area contributed by atoms with Gasteiger partial charge >= 0.3 is 0 Å². The third kappa shape index (κ3) is 5.87. The van der Waals surface area contributed by atoms with Crippen LogP contribution in [0.15, 0.2) is 71.9 Å². The summed E-state index contributed by atoms with van der Waals surface area (Å²) in [4.78, 5) is 4.26. The van der Waals surface area contributed by atoms with Crippen molar-refractivity contribution in [1.82, 2.24) is 20.4 Å². The Labute approximate surface area is 166 Å². The first-order valence-corrected chi connectivity index (χ1v) is 9.41. The molecule has 0 saturated heterocycles. The molecule has 0 aliphatic rings. The van der Waals surface area contributed by atoms with Crippen LogP contribution < -0.4 is 15.4 Å². The second-order valence-corrected chi connectivity index (χ2v) is 6.47. The zero-order chi connectivity index (χ0) is 19.6. The van der Waals surface area contributed by atoms with Gasteiger partial charge in [-0.15, -0.1) is 0 Å². The number of aryl methyl sites for hydroxylation is 1. The van der Waals surface area contributed by atoms with Gasteiger partial charge in [0.2, 0.25) is 0 Å². The van der Waals surface area contributed by atoms with Gasteiger partial charge in [-0.25, -0.2) is 0 Å². The van der Waals surface area contributed by atoms with Crippen molar-refractivity contribution in [3.63, 3.8) is 0 Å². The largest absolute Gasteiger partial charge is 0.489 e. The predicted octanol–water partition coefficient (Wildman–Crippen LogP) is 2.91. The molecular weight excluding hydrogens is 350 g/mol. The topological polar surface area (TPSA) is 63.5 Å². The van der Waals surface area contributed by atoms with Gasteiger partial charge in [0, 0.05) is 26.8 Å². The van der Waals surface area contributed by atoms with Crippen LogP contribution >= 0.6 is 0 Å². The first kappa shape index (κ1) is 19.5. The van der Waals surface area contributed by atoms with Gasteiger partial charge in [0.25, 0.3) is 0 Å². The van der Waals surface area contributed by atoms with Crippen LogP contribution in [0.1, 0.15) is 16.8 Å². The summed E-state index contributed by atoms with van der Waals surface area (Å²) in [6, 6.07) is 20.4. The predicted molar refractivity (Wildman–Crippen MR) is 112 cm³/mol. The van der Waals surface area contributed by atoms with E-state index in [1.54, 1.807) is 13.2 Å².